The molecule has 2 heterocycles. The molecule has 9 heteroatoms. The first-order chi connectivity index (χ1) is 13.8. The fraction of sp³-hybridized carbons (Fsp3) is 0.500. The van der Waals surface area contributed by atoms with Crippen LogP contribution in [0, 0.1) is 0 Å². The van der Waals surface area contributed by atoms with Crippen LogP contribution < -0.4 is 15.7 Å². The molecule has 158 valence electrons. The number of amides is 1. The summed E-state index contributed by atoms with van der Waals surface area (Å²) in [6, 6.07) is 2.43. The summed E-state index contributed by atoms with van der Waals surface area (Å²) in [5.74, 6) is 0.979. The average molecular weight is 422 g/mol. The molecule has 0 aromatic carbocycles. The van der Waals surface area contributed by atoms with Gasteiger partial charge < -0.3 is 19.3 Å². The Kier molecular flexibility index (Phi) is 8.07. The van der Waals surface area contributed by atoms with E-state index in [2.05, 4.69) is 22.0 Å². The number of nitrogens with zero attached hydrogens (tertiary/aromatic N) is 2. The highest BCUT2D eigenvalue weighted by Gasteiger charge is 2.40. The largest absolute Gasteiger partial charge is 0.496 e. The number of carbonyl (C=O) groups is 1. The van der Waals surface area contributed by atoms with Crippen LogP contribution in [-0.2, 0) is 9.63 Å². The van der Waals surface area contributed by atoms with Crippen molar-refractivity contribution >= 4 is 28.4 Å². The molecule has 2 rings (SSSR count). The summed E-state index contributed by atoms with van der Waals surface area (Å²) in [7, 11) is 1.47. The van der Waals surface area contributed by atoms with Crippen LogP contribution in [0.15, 0.2) is 44.1 Å². The second-order valence-electron chi connectivity index (χ2n) is 6.77. The Labute approximate surface area is 174 Å². The summed E-state index contributed by atoms with van der Waals surface area (Å²) in [5, 5.41) is 7.62. The summed E-state index contributed by atoms with van der Waals surface area (Å²) in [6.07, 6.45) is 3.00. The molecule has 0 fully saturated rings. The van der Waals surface area contributed by atoms with E-state index in [1.807, 2.05) is 6.92 Å². The number of carbonyl (C=O) groups excluding carboxylic acids is 1. The van der Waals surface area contributed by atoms with Gasteiger partial charge in [0.25, 0.3) is 0 Å². The molecule has 0 aliphatic carbocycles. The van der Waals surface area contributed by atoms with Crippen molar-refractivity contribution in [2.45, 2.75) is 45.2 Å². The Morgan fingerprint density at radius 2 is 2.31 bits per heavy atom. The van der Waals surface area contributed by atoms with Crippen LogP contribution in [0.2, 0.25) is 0 Å². The number of rotatable bonds is 10. The Morgan fingerprint density at radius 3 is 2.97 bits per heavy atom. The molecule has 1 aliphatic rings. The first kappa shape index (κ1) is 22.7. The van der Waals surface area contributed by atoms with Gasteiger partial charge in [-0.1, -0.05) is 31.2 Å². The Hall–Kier alpha value is -2.55. The zero-order valence-corrected chi connectivity index (χ0v) is 18.0. The van der Waals surface area contributed by atoms with E-state index in [-0.39, 0.29) is 5.91 Å². The third-order valence-corrected chi connectivity index (χ3v) is 5.62. The van der Waals surface area contributed by atoms with E-state index in [9.17, 15) is 9.59 Å². The second kappa shape index (κ2) is 10.3. The molecule has 1 N–H and O–H groups in total. The fourth-order valence-corrected chi connectivity index (χ4v) is 3.80. The van der Waals surface area contributed by atoms with Gasteiger partial charge in [-0.15, -0.1) is 11.8 Å². The smallest absolute Gasteiger partial charge is 0.339 e. The van der Waals surface area contributed by atoms with Crippen molar-refractivity contribution in [3.05, 3.63) is 41.0 Å². The van der Waals surface area contributed by atoms with Crippen molar-refractivity contribution in [1.29, 1.82) is 0 Å². The van der Waals surface area contributed by atoms with Gasteiger partial charge in [0.1, 0.15) is 34.4 Å². The predicted octanol–water partition coefficient (Wildman–Crippen LogP) is 3.09. The molecule has 0 saturated carbocycles. The minimum atomic E-state index is -0.958. The van der Waals surface area contributed by atoms with E-state index in [1.54, 1.807) is 26.0 Å². The normalized spacial score (nSPS) is 20.0. The van der Waals surface area contributed by atoms with E-state index >= 15 is 0 Å². The molecule has 1 aromatic heterocycles. The van der Waals surface area contributed by atoms with Crippen LogP contribution in [0.4, 0.5) is 0 Å². The highest BCUT2D eigenvalue weighted by atomic mass is 32.2. The molecule has 1 amide bonds. The molecule has 2 atom stereocenters. The molecular weight excluding hydrogens is 394 g/mol. The summed E-state index contributed by atoms with van der Waals surface area (Å²) < 4.78 is 10.5. The van der Waals surface area contributed by atoms with Gasteiger partial charge in [-0.2, -0.15) is 0 Å². The molecule has 0 saturated heterocycles. The second-order valence-corrected chi connectivity index (χ2v) is 7.74. The third-order valence-electron chi connectivity index (χ3n) is 4.26. The molecule has 1 aliphatic heterocycles. The minimum absolute atomic E-state index is 0.247. The van der Waals surface area contributed by atoms with Crippen LogP contribution in [0.3, 0.4) is 0 Å². The molecule has 0 spiro atoms. The monoisotopic (exact) mass is 421 g/mol. The molecule has 0 radical (unpaired) electrons. The van der Waals surface area contributed by atoms with Crippen LogP contribution in [0.25, 0.3) is 0 Å². The number of ether oxygens (including phenoxy) is 1. The lowest BCUT2D eigenvalue weighted by Gasteiger charge is -2.24. The van der Waals surface area contributed by atoms with E-state index in [1.165, 1.54) is 24.9 Å². The lowest BCUT2D eigenvalue weighted by Crippen LogP contribution is -2.45. The summed E-state index contributed by atoms with van der Waals surface area (Å²) in [5.41, 5.74) is -0.873. The van der Waals surface area contributed by atoms with Crippen molar-refractivity contribution in [3.8, 4) is 5.75 Å². The number of oxime groups is 1. The van der Waals surface area contributed by atoms with E-state index in [0.29, 0.717) is 41.0 Å². The van der Waals surface area contributed by atoms with E-state index < -0.39 is 17.2 Å². The maximum Gasteiger partial charge on any atom is 0.339 e. The Bertz CT molecular complexity index is 864. The van der Waals surface area contributed by atoms with Gasteiger partial charge in [-0.05, 0) is 20.3 Å². The average Bonchev–Trinajstić information content (AvgIpc) is 3.11. The van der Waals surface area contributed by atoms with Gasteiger partial charge in [0.2, 0.25) is 5.91 Å². The van der Waals surface area contributed by atoms with Crippen LogP contribution >= 0.6 is 11.8 Å². The van der Waals surface area contributed by atoms with Gasteiger partial charge in [-0.3, -0.25) is 9.79 Å². The van der Waals surface area contributed by atoms with Gasteiger partial charge in [0, 0.05) is 11.8 Å². The number of thioether (sulfide) groups is 1. The molecule has 0 bridgehead atoms. The number of hydrogen-bond acceptors (Lipinski definition) is 8. The first-order valence-corrected chi connectivity index (χ1v) is 10.3. The predicted molar refractivity (Wildman–Crippen MR) is 115 cm³/mol. The fourth-order valence-electron chi connectivity index (χ4n) is 2.68. The molecular formula is C20H27N3O5S. The summed E-state index contributed by atoms with van der Waals surface area (Å²) >= 11 is 1.45. The Morgan fingerprint density at radius 1 is 1.55 bits per heavy atom. The number of nitrogens with one attached hydrogen (secondary N) is 1. The maximum absolute atomic E-state index is 13.0. The minimum Gasteiger partial charge on any atom is -0.496 e. The lowest BCUT2D eigenvalue weighted by atomic mass is 10.0. The van der Waals surface area contributed by atoms with Gasteiger partial charge in [-0.25, -0.2) is 4.79 Å². The van der Waals surface area contributed by atoms with Crippen LogP contribution in [-0.4, -0.2) is 41.7 Å². The first-order valence-electron chi connectivity index (χ1n) is 9.33. The lowest BCUT2D eigenvalue weighted by molar-refractivity contribution is -0.125. The summed E-state index contributed by atoms with van der Waals surface area (Å²) in [6.45, 7) is 9.41. The van der Waals surface area contributed by atoms with Crippen molar-refractivity contribution in [3.63, 3.8) is 0 Å². The Balaban J connectivity index is 2.19. The standard InChI is InChI=1S/C20H27N3O5S/c1-6-8-15(16-10-14(26-5)11-17(24)28-16)21-19(25)20(4)12-29-18(22-20)13(3)23-27-9-7-2/h7,10-11,15H,2,6,8-9,12H2,1,3-5H3,(H,21,25)/b23-13+/t15-,20?/m1/s1. The third kappa shape index (κ3) is 5.96. The van der Waals surface area contributed by atoms with Gasteiger partial charge in [0.15, 0.2) is 0 Å². The van der Waals surface area contributed by atoms with Crippen LogP contribution in [0.1, 0.15) is 45.4 Å². The van der Waals surface area contributed by atoms with Gasteiger partial charge in [0.05, 0.1) is 19.2 Å². The van der Waals surface area contributed by atoms with Crippen molar-refractivity contribution in [1.82, 2.24) is 5.32 Å². The summed E-state index contributed by atoms with van der Waals surface area (Å²) in [4.78, 5) is 34.5. The van der Waals surface area contributed by atoms with Gasteiger partial charge >= 0.3 is 5.63 Å². The van der Waals surface area contributed by atoms with Crippen molar-refractivity contribution < 1.29 is 18.8 Å². The molecule has 1 aromatic rings. The van der Waals surface area contributed by atoms with Crippen molar-refractivity contribution in [2.24, 2.45) is 10.1 Å². The zero-order chi connectivity index (χ0) is 21.4. The maximum atomic E-state index is 13.0. The topological polar surface area (TPSA) is 102 Å². The molecule has 29 heavy (non-hydrogen) atoms. The molecule has 8 nitrogen and oxygen atoms in total. The number of aliphatic imine (C=N–C) groups is 1. The quantitative estimate of drug-likeness (QED) is 0.270. The van der Waals surface area contributed by atoms with Crippen LogP contribution in [0.5, 0.6) is 5.75 Å². The van der Waals surface area contributed by atoms with E-state index in [0.717, 1.165) is 6.42 Å². The highest BCUT2D eigenvalue weighted by molar-refractivity contribution is 8.16. The SMILES string of the molecule is C=CCO/N=C(\C)C1=NC(C)(C(=O)N[C@H](CCC)c2cc(OC)cc(=O)o2)CS1. The number of methoxy groups -OCH3 is 1. The van der Waals surface area contributed by atoms with E-state index in [4.69, 9.17) is 14.0 Å². The highest BCUT2D eigenvalue weighted by Crippen LogP contribution is 2.30. The van der Waals surface area contributed by atoms with Crippen molar-refractivity contribution in [2.75, 3.05) is 19.5 Å². The molecule has 1 unspecified atom stereocenters. The number of hydrogen-bond donors (Lipinski definition) is 1. The zero-order valence-electron chi connectivity index (χ0n) is 17.2.